The third-order valence-corrected chi connectivity index (χ3v) is 6.35. The number of aryl methyl sites for hydroxylation is 1. The maximum absolute atomic E-state index is 13.5. The lowest BCUT2D eigenvalue weighted by Crippen LogP contribution is -2.26. The highest BCUT2D eigenvalue weighted by molar-refractivity contribution is 7.89. The number of alkyl halides is 2. The molecule has 30 heavy (non-hydrogen) atoms. The van der Waals surface area contributed by atoms with Crippen molar-refractivity contribution in [3.05, 3.63) is 59.4 Å². The highest BCUT2D eigenvalue weighted by Gasteiger charge is 2.29. The van der Waals surface area contributed by atoms with Crippen molar-refractivity contribution in [3.8, 4) is 0 Å². The Kier molecular flexibility index (Phi) is 5.29. The summed E-state index contributed by atoms with van der Waals surface area (Å²) in [6.45, 7) is -1.69. The van der Waals surface area contributed by atoms with Gasteiger partial charge in [-0.3, -0.25) is 4.57 Å². The number of esters is 1. The van der Waals surface area contributed by atoms with Crippen LogP contribution < -0.4 is 4.72 Å². The van der Waals surface area contributed by atoms with E-state index in [1.54, 1.807) is 25.1 Å². The van der Waals surface area contributed by atoms with Crippen molar-refractivity contribution >= 4 is 27.0 Å². The van der Waals surface area contributed by atoms with Gasteiger partial charge in [0.1, 0.15) is 6.61 Å². The molecule has 158 valence electrons. The normalized spacial score (nSPS) is 14.4. The highest BCUT2D eigenvalue weighted by atomic mass is 32.2. The first-order valence-corrected chi connectivity index (χ1v) is 10.8. The standard InChI is InChI=1S/C20H19F2N3O4S/c1-12-6-9-14(30(27,28)24-13-7-8-13)10-15(12)19(26)29-11-18-23-16-4-2-3-5-17(16)25(18)20(21)22/h2-6,9-10,13,20,24H,7-8,11H2,1H3. The molecular formula is C20H19F2N3O4S. The lowest BCUT2D eigenvalue weighted by Gasteiger charge is -2.11. The van der Waals surface area contributed by atoms with Crippen LogP contribution in [0.25, 0.3) is 11.0 Å². The molecule has 4 rings (SSSR count). The third kappa shape index (κ3) is 4.05. The van der Waals surface area contributed by atoms with Gasteiger partial charge in [0.25, 0.3) is 0 Å². The zero-order chi connectivity index (χ0) is 21.5. The van der Waals surface area contributed by atoms with Gasteiger partial charge in [0.05, 0.1) is 21.5 Å². The van der Waals surface area contributed by atoms with Crippen LogP contribution in [0.1, 0.15) is 41.1 Å². The van der Waals surface area contributed by atoms with Crippen LogP contribution in [-0.4, -0.2) is 30.0 Å². The van der Waals surface area contributed by atoms with Gasteiger partial charge in [0.15, 0.2) is 5.82 Å². The number of aromatic nitrogens is 2. The summed E-state index contributed by atoms with van der Waals surface area (Å²) >= 11 is 0. The lowest BCUT2D eigenvalue weighted by molar-refractivity contribution is 0.0386. The monoisotopic (exact) mass is 435 g/mol. The number of carbonyl (C=O) groups excluding carboxylic acids is 1. The van der Waals surface area contributed by atoms with Gasteiger partial charge in [-0.15, -0.1) is 0 Å². The largest absolute Gasteiger partial charge is 0.454 e. The Morgan fingerprint density at radius 3 is 2.70 bits per heavy atom. The van der Waals surface area contributed by atoms with Gasteiger partial charge in [-0.2, -0.15) is 8.78 Å². The molecular weight excluding hydrogens is 416 g/mol. The van der Waals surface area contributed by atoms with Gasteiger partial charge >= 0.3 is 12.5 Å². The summed E-state index contributed by atoms with van der Waals surface area (Å²) in [6.07, 6.45) is 1.57. The van der Waals surface area contributed by atoms with Crippen LogP contribution in [-0.2, 0) is 21.4 Å². The van der Waals surface area contributed by atoms with Crippen LogP contribution in [0.15, 0.2) is 47.4 Å². The number of hydrogen-bond donors (Lipinski definition) is 1. The van der Waals surface area contributed by atoms with Crippen LogP contribution in [0, 0.1) is 6.92 Å². The summed E-state index contributed by atoms with van der Waals surface area (Å²) in [7, 11) is -3.75. The summed E-state index contributed by atoms with van der Waals surface area (Å²) in [5, 5.41) is 0. The topological polar surface area (TPSA) is 90.3 Å². The number of benzene rings is 2. The molecule has 0 atom stereocenters. The minimum atomic E-state index is -3.75. The maximum Gasteiger partial charge on any atom is 0.338 e. The average Bonchev–Trinajstić information content (AvgIpc) is 3.41. The number of ether oxygens (including phenoxy) is 1. The van der Waals surface area contributed by atoms with E-state index in [-0.39, 0.29) is 27.8 Å². The number of rotatable bonds is 7. The van der Waals surface area contributed by atoms with E-state index < -0.39 is 29.1 Å². The molecule has 0 spiro atoms. The maximum atomic E-state index is 13.5. The van der Waals surface area contributed by atoms with E-state index in [9.17, 15) is 22.0 Å². The second-order valence-electron chi connectivity index (χ2n) is 7.11. The first kappa shape index (κ1) is 20.4. The quantitative estimate of drug-likeness (QED) is 0.574. The van der Waals surface area contributed by atoms with Crippen molar-refractivity contribution < 1.29 is 26.7 Å². The predicted octanol–water partition coefficient (Wildman–Crippen LogP) is 3.54. The smallest absolute Gasteiger partial charge is 0.338 e. The number of nitrogens with zero attached hydrogens (tertiary/aromatic N) is 2. The van der Waals surface area contributed by atoms with Crippen LogP contribution in [0.4, 0.5) is 8.78 Å². The summed E-state index contributed by atoms with van der Waals surface area (Å²) in [4.78, 5) is 16.7. The Morgan fingerprint density at radius 2 is 2.00 bits per heavy atom. The van der Waals surface area contributed by atoms with Crippen LogP contribution in [0.2, 0.25) is 0 Å². The molecule has 1 N–H and O–H groups in total. The molecule has 3 aromatic rings. The molecule has 2 aromatic carbocycles. The molecule has 0 radical (unpaired) electrons. The van der Waals surface area contributed by atoms with Crippen LogP contribution >= 0.6 is 0 Å². The van der Waals surface area contributed by atoms with Gasteiger partial charge in [-0.25, -0.2) is 22.9 Å². The summed E-state index contributed by atoms with van der Waals surface area (Å²) in [5.74, 6) is -0.916. The van der Waals surface area contributed by atoms with E-state index in [0.29, 0.717) is 15.6 Å². The summed E-state index contributed by atoms with van der Waals surface area (Å²) < 4.78 is 60.3. The second-order valence-corrected chi connectivity index (χ2v) is 8.83. The fourth-order valence-electron chi connectivity index (χ4n) is 3.10. The molecule has 1 saturated carbocycles. The zero-order valence-corrected chi connectivity index (χ0v) is 16.8. The van der Waals surface area contributed by atoms with Crippen molar-refractivity contribution in [2.24, 2.45) is 0 Å². The predicted molar refractivity (Wildman–Crippen MR) is 105 cm³/mol. The molecule has 0 amide bonds. The van der Waals surface area contributed by atoms with Gasteiger partial charge in [-0.1, -0.05) is 18.2 Å². The van der Waals surface area contributed by atoms with Crippen LogP contribution in [0.5, 0.6) is 0 Å². The number of carbonyl (C=O) groups is 1. The Labute approximate surface area is 171 Å². The number of sulfonamides is 1. The Morgan fingerprint density at radius 1 is 1.27 bits per heavy atom. The molecule has 1 heterocycles. The molecule has 1 aliphatic carbocycles. The van der Waals surface area contributed by atoms with Gasteiger partial charge < -0.3 is 4.74 Å². The zero-order valence-electron chi connectivity index (χ0n) is 16.0. The van der Waals surface area contributed by atoms with Crippen LogP contribution in [0.3, 0.4) is 0 Å². The van der Waals surface area contributed by atoms with Gasteiger partial charge in [0, 0.05) is 6.04 Å². The molecule has 0 saturated heterocycles. The molecule has 7 nitrogen and oxygen atoms in total. The van der Waals surface area contributed by atoms with Crippen molar-refractivity contribution in [3.63, 3.8) is 0 Å². The first-order chi connectivity index (χ1) is 14.3. The van der Waals surface area contributed by atoms with E-state index in [0.717, 1.165) is 12.8 Å². The van der Waals surface area contributed by atoms with E-state index >= 15 is 0 Å². The minimum Gasteiger partial charge on any atom is -0.454 e. The summed E-state index contributed by atoms with van der Waals surface area (Å²) in [6, 6.07) is 10.5. The van der Waals surface area contributed by atoms with Crippen molar-refractivity contribution in [2.45, 2.75) is 43.9 Å². The molecule has 0 aliphatic heterocycles. The van der Waals surface area contributed by atoms with Crippen molar-refractivity contribution in [1.29, 1.82) is 0 Å². The van der Waals surface area contributed by atoms with E-state index in [4.69, 9.17) is 4.74 Å². The number of para-hydroxylation sites is 2. The molecule has 1 fully saturated rings. The molecule has 0 bridgehead atoms. The fourth-order valence-corrected chi connectivity index (χ4v) is 4.43. The Bertz CT molecular complexity index is 1220. The molecule has 1 aromatic heterocycles. The van der Waals surface area contributed by atoms with E-state index in [1.165, 1.54) is 24.3 Å². The second kappa shape index (κ2) is 7.77. The van der Waals surface area contributed by atoms with Gasteiger partial charge in [0.2, 0.25) is 10.0 Å². The highest BCUT2D eigenvalue weighted by Crippen LogP contribution is 2.25. The molecule has 1 aliphatic rings. The fraction of sp³-hybridized carbons (Fsp3) is 0.300. The number of halogens is 2. The van der Waals surface area contributed by atoms with E-state index in [1.807, 2.05) is 0 Å². The SMILES string of the molecule is Cc1ccc(S(=O)(=O)NC2CC2)cc1C(=O)OCc1nc2ccccc2n1C(F)F. The third-order valence-electron chi connectivity index (χ3n) is 4.83. The average molecular weight is 435 g/mol. The summed E-state index contributed by atoms with van der Waals surface area (Å²) in [5.41, 5.74) is 1.15. The van der Waals surface area contributed by atoms with E-state index in [2.05, 4.69) is 9.71 Å². The molecule has 0 unspecified atom stereocenters. The lowest BCUT2D eigenvalue weighted by atomic mass is 10.1. The Balaban J connectivity index is 1.57. The number of nitrogens with one attached hydrogen (secondary N) is 1. The minimum absolute atomic E-state index is 0.0493. The first-order valence-electron chi connectivity index (χ1n) is 9.30. The van der Waals surface area contributed by atoms with Gasteiger partial charge in [-0.05, 0) is 49.6 Å². The van der Waals surface area contributed by atoms with Crippen molar-refractivity contribution in [1.82, 2.24) is 14.3 Å². The molecule has 10 heteroatoms. The number of fused-ring (bicyclic) bond motifs is 1. The Hall–Kier alpha value is -2.85. The van der Waals surface area contributed by atoms with Crippen molar-refractivity contribution in [2.75, 3.05) is 0 Å². The number of imidazole rings is 1. The number of hydrogen-bond acceptors (Lipinski definition) is 5.